The van der Waals surface area contributed by atoms with Crippen molar-refractivity contribution in [2.24, 2.45) is 0 Å². The summed E-state index contributed by atoms with van der Waals surface area (Å²) in [5, 5.41) is 18.9. The van der Waals surface area contributed by atoms with Gasteiger partial charge in [-0.05, 0) is 24.3 Å². The maximum Gasteiger partial charge on any atom is 0.254 e. The van der Waals surface area contributed by atoms with Crippen molar-refractivity contribution < 1.29 is 9.90 Å². The summed E-state index contributed by atoms with van der Waals surface area (Å²) in [5.74, 6) is 0.495. The molecule has 2 aromatic carbocycles. The number of amides is 1. The molecule has 0 spiro atoms. The zero-order valence-electron chi connectivity index (χ0n) is 12.8. The zero-order valence-corrected chi connectivity index (χ0v) is 13.6. The molecule has 0 saturated carbocycles. The van der Waals surface area contributed by atoms with E-state index in [9.17, 15) is 9.90 Å². The number of hydrogen-bond donors (Lipinski definition) is 4. The Morgan fingerprint density at radius 3 is 2.42 bits per heavy atom. The summed E-state index contributed by atoms with van der Waals surface area (Å²) in [5.41, 5.74) is 1.43. The Kier molecular flexibility index (Phi) is 4.57. The molecule has 24 heavy (non-hydrogen) atoms. The summed E-state index contributed by atoms with van der Waals surface area (Å²) in [7, 11) is 1.51. The molecule has 0 fully saturated rings. The molecule has 3 aromatic rings. The Morgan fingerprint density at radius 1 is 1.00 bits per heavy atom. The van der Waals surface area contributed by atoms with Gasteiger partial charge in [0.25, 0.3) is 5.91 Å². The predicted molar refractivity (Wildman–Crippen MR) is 94.4 cm³/mol. The summed E-state index contributed by atoms with van der Waals surface area (Å²) in [6.07, 6.45) is 0. The lowest BCUT2D eigenvalue weighted by Gasteiger charge is -2.11. The van der Waals surface area contributed by atoms with Crippen LogP contribution in [0.25, 0.3) is 0 Å². The Hall–Kier alpha value is -3.13. The second-order valence-corrected chi connectivity index (χ2v) is 5.39. The molecule has 1 amide bonds. The van der Waals surface area contributed by atoms with Crippen molar-refractivity contribution >= 4 is 40.6 Å². The highest BCUT2D eigenvalue weighted by Crippen LogP contribution is 2.32. The zero-order chi connectivity index (χ0) is 16.9. The van der Waals surface area contributed by atoms with Crippen LogP contribution >= 0.6 is 11.7 Å². The van der Waals surface area contributed by atoms with E-state index in [0.717, 1.165) is 17.4 Å². The van der Waals surface area contributed by atoms with Crippen LogP contribution in [0, 0.1) is 0 Å². The van der Waals surface area contributed by atoms with Crippen molar-refractivity contribution in [3.63, 3.8) is 0 Å². The van der Waals surface area contributed by atoms with Crippen LogP contribution in [0.4, 0.5) is 23.0 Å². The van der Waals surface area contributed by atoms with Crippen LogP contribution < -0.4 is 16.0 Å². The first-order valence-corrected chi connectivity index (χ1v) is 7.88. The highest BCUT2D eigenvalue weighted by molar-refractivity contribution is 6.99. The second-order valence-electron chi connectivity index (χ2n) is 4.86. The number of nitrogens with one attached hydrogen (secondary N) is 3. The molecule has 1 aromatic heterocycles. The quantitative estimate of drug-likeness (QED) is 0.532. The Morgan fingerprint density at radius 2 is 1.71 bits per heavy atom. The highest BCUT2D eigenvalue weighted by atomic mass is 32.1. The van der Waals surface area contributed by atoms with E-state index in [1.807, 2.05) is 30.3 Å². The van der Waals surface area contributed by atoms with Crippen LogP contribution in [-0.2, 0) is 0 Å². The molecule has 3 rings (SSSR count). The molecule has 8 heteroatoms. The first-order valence-electron chi connectivity index (χ1n) is 7.14. The van der Waals surface area contributed by atoms with Gasteiger partial charge in [0.15, 0.2) is 17.4 Å². The lowest BCUT2D eigenvalue weighted by Crippen LogP contribution is -2.18. The minimum atomic E-state index is -0.366. The van der Waals surface area contributed by atoms with E-state index in [1.54, 1.807) is 18.2 Å². The van der Waals surface area contributed by atoms with Crippen LogP contribution in [0.5, 0.6) is 5.75 Å². The maximum atomic E-state index is 11.8. The van der Waals surface area contributed by atoms with E-state index < -0.39 is 0 Å². The van der Waals surface area contributed by atoms with Crippen LogP contribution in [-0.4, -0.2) is 26.8 Å². The van der Waals surface area contributed by atoms with Gasteiger partial charge in [0.2, 0.25) is 0 Å². The van der Waals surface area contributed by atoms with E-state index in [2.05, 4.69) is 24.7 Å². The molecule has 4 N–H and O–H groups in total. The normalized spacial score (nSPS) is 10.2. The molecule has 1 heterocycles. The third kappa shape index (κ3) is 3.28. The van der Waals surface area contributed by atoms with Gasteiger partial charge in [0.1, 0.15) is 0 Å². The number of aromatic nitrogens is 2. The molecular formula is C16H15N5O2S. The smallest absolute Gasteiger partial charge is 0.254 e. The fourth-order valence-electron chi connectivity index (χ4n) is 2.10. The first-order chi connectivity index (χ1) is 11.7. The van der Waals surface area contributed by atoms with Crippen molar-refractivity contribution in [3.8, 4) is 5.75 Å². The average Bonchev–Trinajstić information content (AvgIpc) is 3.04. The van der Waals surface area contributed by atoms with Crippen LogP contribution in [0.15, 0.2) is 48.5 Å². The van der Waals surface area contributed by atoms with Gasteiger partial charge in [0.05, 0.1) is 23.0 Å². The molecule has 7 nitrogen and oxygen atoms in total. The molecule has 122 valence electrons. The number of carbonyl (C=O) groups is 1. The molecule has 0 aliphatic rings. The number of carbonyl (C=O) groups excluding carboxylic acids is 1. The number of aromatic hydroxyl groups is 1. The minimum absolute atomic E-state index is 0.143. The Bertz CT molecular complexity index is 851. The van der Waals surface area contributed by atoms with Gasteiger partial charge in [-0.15, -0.1) is 0 Å². The number of benzene rings is 2. The SMILES string of the molecule is CNC(=O)c1cccc(Nc2nsnc2Nc2ccccc2)c1O. The van der Waals surface area contributed by atoms with E-state index in [4.69, 9.17) is 0 Å². The van der Waals surface area contributed by atoms with Gasteiger partial charge in [-0.25, -0.2) is 0 Å². The van der Waals surface area contributed by atoms with Crippen molar-refractivity contribution in [1.82, 2.24) is 14.1 Å². The molecule has 0 radical (unpaired) electrons. The number of nitrogens with zero attached hydrogens (tertiary/aromatic N) is 2. The standard InChI is InChI=1S/C16H15N5O2S/c1-17-16(23)11-8-5-9-12(13(11)22)19-15-14(20-24-21-15)18-10-6-3-2-4-7-10/h2-9,22H,1H3,(H,17,23)(H,18,20)(H,19,21). The topological polar surface area (TPSA) is 99.2 Å². The lowest BCUT2D eigenvalue weighted by molar-refractivity contribution is 0.0960. The number of rotatable bonds is 5. The van der Waals surface area contributed by atoms with Crippen molar-refractivity contribution in [3.05, 3.63) is 54.1 Å². The van der Waals surface area contributed by atoms with Crippen molar-refractivity contribution in [2.45, 2.75) is 0 Å². The maximum absolute atomic E-state index is 11.8. The molecule has 0 aliphatic heterocycles. The number of phenolic OH excluding ortho intramolecular Hbond substituents is 1. The van der Waals surface area contributed by atoms with Gasteiger partial charge >= 0.3 is 0 Å². The van der Waals surface area contributed by atoms with Gasteiger partial charge in [-0.2, -0.15) is 8.75 Å². The summed E-state index contributed by atoms with van der Waals surface area (Å²) >= 11 is 1.04. The largest absolute Gasteiger partial charge is 0.505 e. The van der Waals surface area contributed by atoms with Gasteiger partial charge in [-0.3, -0.25) is 4.79 Å². The number of anilines is 4. The summed E-state index contributed by atoms with van der Waals surface area (Å²) in [6, 6.07) is 14.4. The molecule has 0 unspecified atom stereocenters. The second kappa shape index (κ2) is 6.97. The number of para-hydroxylation sites is 2. The fourth-order valence-corrected chi connectivity index (χ4v) is 2.57. The lowest BCUT2D eigenvalue weighted by atomic mass is 10.1. The van der Waals surface area contributed by atoms with Gasteiger partial charge in [-0.1, -0.05) is 24.3 Å². The van der Waals surface area contributed by atoms with Crippen LogP contribution in [0.1, 0.15) is 10.4 Å². The minimum Gasteiger partial charge on any atom is -0.505 e. The third-order valence-corrected chi connectivity index (χ3v) is 3.81. The van der Waals surface area contributed by atoms with Crippen molar-refractivity contribution in [2.75, 3.05) is 17.7 Å². The predicted octanol–water partition coefficient (Wildman–Crippen LogP) is 3.09. The summed E-state index contributed by atoms with van der Waals surface area (Å²) < 4.78 is 8.40. The fraction of sp³-hybridized carbons (Fsp3) is 0.0625. The third-order valence-electron chi connectivity index (χ3n) is 3.29. The van der Waals surface area contributed by atoms with E-state index in [-0.39, 0.29) is 17.2 Å². The van der Waals surface area contributed by atoms with E-state index in [0.29, 0.717) is 17.3 Å². The number of hydrogen-bond acceptors (Lipinski definition) is 7. The van der Waals surface area contributed by atoms with Gasteiger partial charge < -0.3 is 21.1 Å². The van der Waals surface area contributed by atoms with Gasteiger partial charge in [0, 0.05) is 12.7 Å². The van der Waals surface area contributed by atoms with E-state index >= 15 is 0 Å². The van der Waals surface area contributed by atoms with Crippen molar-refractivity contribution in [1.29, 1.82) is 0 Å². The number of phenols is 1. The summed E-state index contributed by atoms with van der Waals surface area (Å²) in [4.78, 5) is 11.8. The monoisotopic (exact) mass is 341 g/mol. The van der Waals surface area contributed by atoms with Crippen LogP contribution in [0.3, 0.4) is 0 Å². The molecule has 0 bridgehead atoms. The van der Waals surface area contributed by atoms with Crippen LogP contribution in [0.2, 0.25) is 0 Å². The Balaban J connectivity index is 1.85. The molecular weight excluding hydrogens is 326 g/mol. The average molecular weight is 341 g/mol. The van der Waals surface area contributed by atoms with E-state index in [1.165, 1.54) is 7.05 Å². The molecule has 0 aliphatic carbocycles. The highest BCUT2D eigenvalue weighted by Gasteiger charge is 2.15. The molecule has 0 saturated heterocycles. The molecule has 0 atom stereocenters. The summed E-state index contributed by atoms with van der Waals surface area (Å²) in [6.45, 7) is 0. The Labute approximate surface area is 142 Å². The first kappa shape index (κ1) is 15.8.